The summed E-state index contributed by atoms with van der Waals surface area (Å²) in [7, 11) is 0. The first-order chi connectivity index (χ1) is 12.0. The molecule has 1 unspecified atom stereocenters. The van der Waals surface area contributed by atoms with Crippen LogP contribution in [0.5, 0.6) is 0 Å². The molecule has 0 aliphatic carbocycles. The van der Waals surface area contributed by atoms with Gasteiger partial charge in [0.15, 0.2) is 0 Å². The van der Waals surface area contributed by atoms with Crippen molar-refractivity contribution < 1.29 is 14.3 Å². The summed E-state index contributed by atoms with van der Waals surface area (Å²) >= 11 is 0. The third-order valence-electron chi connectivity index (χ3n) is 4.35. The molecule has 1 saturated heterocycles. The highest BCUT2D eigenvalue weighted by atomic mass is 19.1. The van der Waals surface area contributed by atoms with Crippen molar-refractivity contribution in [2.24, 2.45) is 5.92 Å². The maximum atomic E-state index is 13.5. The number of H-pyrrole nitrogens is 1. The Labute approximate surface area is 140 Å². The molecular formula is C16H14FN5O3. The third-order valence-corrected chi connectivity index (χ3v) is 4.35. The molecule has 25 heavy (non-hydrogen) atoms. The summed E-state index contributed by atoms with van der Waals surface area (Å²) in [5.41, 5.74) is 0.466. The molecule has 0 amide bonds. The van der Waals surface area contributed by atoms with Crippen LogP contribution in [0.3, 0.4) is 0 Å². The molecule has 1 aliphatic heterocycles. The molecule has 0 radical (unpaired) electrons. The monoisotopic (exact) mass is 343 g/mol. The van der Waals surface area contributed by atoms with E-state index in [4.69, 9.17) is 5.11 Å². The van der Waals surface area contributed by atoms with Crippen LogP contribution >= 0.6 is 0 Å². The van der Waals surface area contributed by atoms with Gasteiger partial charge in [-0.3, -0.25) is 9.59 Å². The standard InChI is InChI=1S/C16H14FN5O3/c17-10-5-11-12(7-19-15(11)18-6-10)22-14(23)2-1-13(20-22)21-4-3-9(8-21)16(24)25/h1-2,5-7,9H,3-4,8H2,(H,18,19)(H,24,25). The average Bonchev–Trinajstić information content (AvgIpc) is 3.22. The fraction of sp³-hybridized carbons (Fsp3) is 0.250. The van der Waals surface area contributed by atoms with E-state index in [1.54, 1.807) is 12.3 Å². The van der Waals surface area contributed by atoms with Crippen molar-refractivity contribution in [1.29, 1.82) is 0 Å². The second-order valence-electron chi connectivity index (χ2n) is 5.94. The van der Waals surface area contributed by atoms with Crippen molar-refractivity contribution in [3.8, 4) is 5.69 Å². The Balaban J connectivity index is 1.76. The van der Waals surface area contributed by atoms with E-state index in [0.717, 1.165) is 6.20 Å². The normalized spacial score (nSPS) is 17.3. The molecule has 3 aromatic rings. The SMILES string of the molecule is O=C(O)C1CCN(c2ccc(=O)n(-c3c[nH]c4ncc(F)cc34)n2)C1. The van der Waals surface area contributed by atoms with E-state index in [2.05, 4.69) is 15.1 Å². The van der Waals surface area contributed by atoms with Gasteiger partial charge in [0.1, 0.15) is 17.3 Å². The van der Waals surface area contributed by atoms with Crippen LogP contribution in [0.4, 0.5) is 10.2 Å². The van der Waals surface area contributed by atoms with Crippen molar-refractivity contribution in [2.75, 3.05) is 18.0 Å². The number of pyridine rings is 1. The molecule has 9 heteroatoms. The molecule has 1 atom stereocenters. The van der Waals surface area contributed by atoms with E-state index < -0.39 is 17.7 Å². The third kappa shape index (κ3) is 2.63. The van der Waals surface area contributed by atoms with Crippen molar-refractivity contribution in [2.45, 2.75) is 6.42 Å². The smallest absolute Gasteiger partial charge is 0.308 e. The van der Waals surface area contributed by atoms with Gasteiger partial charge in [0.25, 0.3) is 5.56 Å². The number of aromatic nitrogens is 4. The molecule has 8 nitrogen and oxygen atoms in total. The Morgan fingerprint density at radius 3 is 3.00 bits per heavy atom. The molecule has 0 bridgehead atoms. The van der Waals surface area contributed by atoms with Crippen LogP contribution in [-0.4, -0.2) is 43.9 Å². The first-order valence-electron chi connectivity index (χ1n) is 7.74. The van der Waals surface area contributed by atoms with Crippen LogP contribution in [0.1, 0.15) is 6.42 Å². The molecule has 1 fully saturated rings. The number of hydrogen-bond donors (Lipinski definition) is 2. The Hall–Kier alpha value is -3.23. The summed E-state index contributed by atoms with van der Waals surface area (Å²) in [6.45, 7) is 0.886. The second kappa shape index (κ2) is 5.69. The van der Waals surface area contributed by atoms with Crippen LogP contribution in [-0.2, 0) is 4.79 Å². The van der Waals surface area contributed by atoms with Crippen LogP contribution in [0, 0.1) is 11.7 Å². The predicted molar refractivity (Wildman–Crippen MR) is 87.4 cm³/mol. The van der Waals surface area contributed by atoms with Crippen molar-refractivity contribution >= 4 is 22.8 Å². The number of nitrogens with zero attached hydrogens (tertiary/aromatic N) is 4. The Morgan fingerprint density at radius 1 is 1.40 bits per heavy atom. The van der Waals surface area contributed by atoms with Gasteiger partial charge in [-0.1, -0.05) is 0 Å². The fourth-order valence-electron chi connectivity index (χ4n) is 3.05. The van der Waals surface area contributed by atoms with Crippen LogP contribution in [0.2, 0.25) is 0 Å². The molecule has 4 rings (SSSR count). The predicted octanol–water partition coefficient (Wildman–Crippen LogP) is 1.16. The first-order valence-corrected chi connectivity index (χ1v) is 7.74. The number of aromatic amines is 1. The van der Waals surface area contributed by atoms with Gasteiger partial charge in [0, 0.05) is 30.7 Å². The molecule has 0 saturated carbocycles. The Kier molecular flexibility index (Phi) is 3.48. The fourth-order valence-corrected chi connectivity index (χ4v) is 3.05. The number of rotatable bonds is 3. The van der Waals surface area contributed by atoms with Gasteiger partial charge in [-0.15, -0.1) is 5.10 Å². The van der Waals surface area contributed by atoms with E-state index in [-0.39, 0.29) is 5.56 Å². The Bertz CT molecular complexity index is 1030. The first kappa shape index (κ1) is 15.3. The van der Waals surface area contributed by atoms with Gasteiger partial charge in [-0.05, 0) is 18.6 Å². The quantitative estimate of drug-likeness (QED) is 0.739. The molecule has 1 aliphatic rings. The van der Waals surface area contributed by atoms with Gasteiger partial charge < -0.3 is 15.0 Å². The average molecular weight is 343 g/mol. The van der Waals surface area contributed by atoms with Gasteiger partial charge in [0.2, 0.25) is 0 Å². The number of fused-ring (bicyclic) bond motifs is 1. The molecule has 0 spiro atoms. The number of nitrogens with one attached hydrogen (secondary N) is 1. The van der Waals surface area contributed by atoms with E-state index in [0.29, 0.717) is 42.0 Å². The summed E-state index contributed by atoms with van der Waals surface area (Å²) < 4.78 is 14.7. The number of anilines is 1. The number of carboxylic acids is 1. The van der Waals surface area contributed by atoms with Crippen LogP contribution < -0.4 is 10.5 Å². The van der Waals surface area contributed by atoms with Crippen molar-refractivity contribution in [3.05, 3.63) is 46.8 Å². The van der Waals surface area contributed by atoms with Gasteiger partial charge in [-0.2, -0.15) is 4.68 Å². The highest BCUT2D eigenvalue weighted by molar-refractivity contribution is 5.85. The van der Waals surface area contributed by atoms with Crippen molar-refractivity contribution in [1.82, 2.24) is 19.7 Å². The van der Waals surface area contributed by atoms with E-state index in [9.17, 15) is 14.0 Å². The number of carboxylic acid groups (broad SMARTS) is 1. The van der Waals surface area contributed by atoms with Gasteiger partial charge in [-0.25, -0.2) is 9.37 Å². The Morgan fingerprint density at radius 2 is 2.24 bits per heavy atom. The molecule has 2 N–H and O–H groups in total. The number of aliphatic carboxylic acids is 1. The number of halogens is 1. The second-order valence-corrected chi connectivity index (χ2v) is 5.94. The highest BCUT2D eigenvalue weighted by Crippen LogP contribution is 2.23. The minimum Gasteiger partial charge on any atom is -0.481 e. The maximum absolute atomic E-state index is 13.5. The minimum atomic E-state index is -0.839. The summed E-state index contributed by atoms with van der Waals surface area (Å²) in [6, 6.07) is 4.21. The summed E-state index contributed by atoms with van der Waals surface area (Å²) in [6.07, 6.45) is 3.16. The number of hydrogen-bond acceptors (Lipinski definition) is 5. The lowest BCUT2D eigenvalue weighted by Crippen LogP contribution is -2.27. The molecule has 0 aromatic carbocycles. The molecule has 128 valence electrons. The maximum Gasteiger partial charge on any atom is 0.308 e. The lowest BCUT2D eigenvalue weighted by molar-refractivity contribution is -0.140. The zero-order valence-corrected chi connectivity index (χ0v) is 13.0. The van der Waals surface area contributed by atoms with Crippen LogP contribution in [0.15, 0.2) is 35.4 Å². The molecule has 3 aromatic heterocycles. The van der Waals surface area contributed by atoms with E-state index in [1.807, 2.05) is 4.90 Å². The van der Waals surface area contributed by atoms with E-state index >= 15 is 0 Å². The minimum absolute atomic E-state index is 0.338. The highest BCUT2D eigenvalue weighted by Gasteiger charge is 2.29. The lowest BCUT2D eigenvalue weighted by atomic mass is 10.1. The lowest BCUT2D eigenvalue weighted by Gasteiger charge is -2.17. The molecule has 4 heterocycles. The largest absolute Gasteiger partial charge is 0.481 e. The topological polar surface area (TPSA) is 104 Å². The zero-order valence-electron chi connectivity index (χ0n) is 13.0. The summed E-state index contributed by atoms with van der Waals surface area (Å²) in [4.78, 5) is 32.0. The summed E-state index contributed by atoms with van der Waals surface area (Å²) in [5.74, 6) is -1.30. The number of carbonyl (C=O) groups is 1. The zero-order chi connectivity index (χ0) is 17.6. The van der Waals surface area contributed by atoms with E-state index in [1.165, 1.54) is 16.8 Å². The van der Waals surface area contributed by atoms with Gasteiger partial charge >= 0.3 is 5.97 Å². The van der Waals surface area contributed by atoms with Crippen molar-refractivity contribution in [3.63, 3.8) is 0 Å². The molecular weight excluding hydrogens is 329 g/mol. The van der Waals surface area contributed by atoms with Crippen LogP contribution in [0.25, 0.3) is 16.7 Å². The van der Waals surface area contributed by atoms with Gasteiger partial charge in [0.05, 0.1) is 17.8 Å². The summed E-state index contributed by atoms with van der Waals surface area (Å²) in [5, 5.41) is 13.9.